The number of piperidine rings is 2. The highest BCUT2D eigenvalue weighted by Gasteiger charge is 2.50. The van der Waals surface area contributed by atoms with Crippen molar-refractivity contribution < 1.29 is 82.1 Å². The number of carboxylic acids is 2. The van der Waals surface area contributed by atoms with Crippen LogP contribution in [0.5, 0.6) is 0 Å². The number of nitrogens with one attached hydrogen (secondary N) is 2. The van der Waals surface area contributed by atoms with E-state index < -0.39 is 126 Å². The first-order valence-corrected chi connectivity index (χ1v) is 25.9. The first kappa shape index (κ1) is 58.4. The summed E-state index contributed by atoms with van der Waals surface area (Å²) in [4.78, 5) is 53.0. The number of hydrogen-bond acceptors (Lipinski definition) is 9. The molecule has 0 unspecified atom stereocenters. The maximum absolute atomic E-state index is 15.9. The van der Waals surface area contributed by atoms with Crippen molar-refractivity contribution in [2.45, 2.75) is 60.2 Å². The summed E-state index contributed by atoms with van der Waals surface area (Å²) in [6.07, 6.45) is -21.3. The number of alkyl halides is 12. The highest BCUT2D eigenvalue weighted by Crippen LogP contribution is 2.55. The third-order valence-corrected chi connectivity index (χ3v) is 15.5. The fourth-order valence-corrected chi connectivity index (χ4v) is 11.6. The molecule has 0 spiro atoms. The summed E-state index contributed by atoms with van der Waals surface area (Å²) >= 11 is -0.630. The Kier molecular flexibility index (Phi) is 17.4. The number of hydrogen-bond donors (Lipinski definition) is 4. The number of anilines is 2. The van der Waals surface area contributed by atoms with Crippen LogP contribution in [0.4, 0.5) is 64.1 Å². The third kappa shape index (κ3) is 13.5. The number of halogens is 12. The summed E-state index contributed by atoms with van der Waals surface area (Å²) < 4.78 is 190. The molecule has 4 saturated heterocycles. The molecule has 79 heavy (non-hydrogen) atoms. The molecule has 25 heteroatoms. The number of carboxylic acid groups (broad SMARTS) is 2. The average Bonchev–Trinajstić information content (AvgIpc) is 3.43. The molecule has 4 aromatic rings. The summed E-state index contributed by atoms with van der Waals surface area (Å²) in [7, 11) is 0. The smallest absolute Gasteiger partial charge is 0.418 e. The lowest BCUT2D eigenvalue weighted by Crippen LogP contribution is -2.45. The van der Waals surface area contributed by atoms with Crippen LogP contribution in [-0.4, -0.2) is 122 Å². The number of aliphatic carboxylic acids is 2. The van der Waals surface area contributed by atoms with E-state index in [1.807, 2.05) is 0 Å². The Bertz CT molecular complexity index is 2810. The second-order valence-electron chi connectivity index (χ2n) is 19.4. The van der Waals surface area contributed by atoms with Gasteiger partial charge >= 0.3 is 36.6 Å². The first-order valence-electron chi connectivity index (χ1n) is 25.1. The van der Waals surface area contributed by atoms with Crippen molar-refractivity contribution in [3.63, 3.8) is 0 Å². The lowest BCUT2D eigenvalue weighted by molar-refractivity contribution is -0.164. The predicted molar refractivity (Wildman–Crippen MR) is 270 cm³/mol. The van der Waals surface area contributed by atoms with E-state index in [1.54, 1.807) is 9.80 Å². The lowest BCUT2D eigenvalue weighted by Gasteiger charge is -2.32. The van der Waals surface area contributed by atoms with Crippen LogP contribution in [0.15, 0.2) is 82.6 Å². The predicted octanol–water partition coefficient (Wildman–Crippen LogP) is 10.7. The fraction of sp³-hybridized carbons (Fsp3) is 0.407. The van der Waals surface area contributed by atoms with Crippen LogP contribution in [0.25, 0.3) is 34.4 Å². The van der Waals surface area contributed by atoms with E-state index in [-0.39, 0.29) is 127 Å². The van der Waals surface area contributed by atoms with Gasteiger partial charge in [-0.1, -0.05) is 36.0 Å². The van der Waals surface area contributed by atoms with Crippen molar-refractivity contribution in [3.8, 4) is 22.3 Å². The maximum Gasteiger partial charge on any atom is 0.418 e. The minimum atomic E-state index is -6.09. The minimum Gasteiger partial charge on any atom is -0.481 e. The molecule has 4 aliphatic heterocycles. The van der Waals surface area contributed by atoms with Crippen LogP contribution in [0, 0.1) is 11.8 Å². The van der Waals surface area contributed by atoms with Crippen molar-refractivity contribution in [2.75, 3.05) is 88.3 Å². The summed E-state index contributed by atoms with van der Waals surface area (Å²) in [6.45, 7) is 1.92. The number of rotatable bonds is 12. The topological polar surface area (TPSA) is 146 Å². The van der Waals surface area contributed by atoms with E-state index in [0.29, 0.717) is 36.4 Å². The molecule has 0 aromatic heterocycles. The SMILES string of the molecule is O=C(O)C1CCN(c2cccc(-c3cc(Sc4cc(-c5cccc(N6CCC(C(=O)O)CC6)c5)c(/C=C/C(=O)N5CCNCC5)c(C(F)(F)F)c4C(F)(F)F)c(C(F)(F)F)c(C(F)(F)F)c3/C=C/C(=O)N3CCNCC3)c2)CC1. The van der Waals surface area contributed by atoms with Crippen molar-refractivity contribution in [1.82, 2.24) is 20.4 Å². The molecule has 0 saturated carbocycles. The summed E-state index contributed by atoms with van der Waals surface area (Å²) in [5, 5.41) is 25.1. The number of nitrogens with zero attached hydrogens (tertiary/aromatic N) is 4. The molecule has 0 aliphatic carbocycles. The van der Waals surface area contributed by atoms with E-state index in [9.17, 15) is 29.4 Å². The molecule has 2 amide bonds. The average molecular weight is 1140 g/mol. The van der Waals surface area contributed by atoms with Crippen LogP contribution in [0.2, 0.25) is 0 Å². The van der Waals surface area contributed by atoms with Gasteiger partial charge in [-0.3, -0.25) is 19.2 Å². The first-order chi connectivity index (χ1) is 37.2. The molecule has 0 bridgehead atoms. The van der Waals surface area contributed by atoms with E-state index in [0.717, 1.165) is 0 Å². The summed E-state index contributed by atoms with van der Waals surface area (Å²) in [5.41, 5.74) is -13.9. The second kappa shape index (κ2) is 23.5. The molecule has 4 heterocycles. The normalized spacial score (nSPS) is 17.8. The zero-order chi connectivity index (χ0) is 57.2. The zero-order valence-corrected chi connectivity index (χ0v) is 42.6. The highest BCUT2D eigenvalue weighted by molar-refractivity contribution is 7.99. The molecule has 12 nitrogen and oxygen atoms in total. The Balaban J connectivity index is 1.40. The Morgan fingerprint density at radius 1 is 0.481 bits per heavy atom. The number of carbonyl (C=O) groups excluding carboxylic acids is 2. The van der Waals surface area contributed by atoms with Gasteiger partial charge in [0.05, 0.1) is 34.1 Å². The number of amides is 2. The zero-order valence-electron chi connectivity index (χ0n) is 41.8. The number of carbonyl (C=O) groups is 4. The van der Waals surface area contributed by atoms with E-state index in [2.05, 4.69) is 10.6 Å². The number of benzene rings is 4. The van der Waals surface area contributed by atoms with Gasteiger partial charge in [-0.05, 0) is 108 Å². The molecule has 4 N–H and O–H groups in total. The van der Waals surface area contributed by atoms with Gasteiger partial charge in [0.25, 0.3) is 0 Å². The molecule has 4 aliphatic rings. The van der Waals surface area contributed by atoms with Crippen molar-refractivity contribution >= 4 is 59.0 Å². The van der Waals surface area contributed by atoms with Gasteiger partial charge in [-0.2, -0.15) is 52.7 Å². The van der Waals surface area contributed by atoms with Crippen LogP contribution in [0.1, 0.15) is 59.1 Å². The molecular weight excluding hydrogens is 1090 g/mol. The molecule has 0 radical (unpaired) electrons. The van der Waals surface area contributed by atoms with Gasteiger partial charge in [-0.15, -0.1) is 0 Å². The molecule has 424 valence electrons. The van der Waals surface area contributed by atoms with Crippen molar-refractivity contribution in [2.24, 2.45) is 11.8 Å². The van der Waals surface area contributed by atoms with Gasteiger partial charge in [0.15, 0.2) is 0 Å². The summed E-state index contributed by atoms with van der Waals surface area (Å²) in [6, 6.07) is 11.6. The third-order valence-electron chi connectivity index (χ3n) is 14.4. The lowest BCUT2D eigenvalue weighted by atomic mass is 9.89. The largest absolute Gasteiger partial charge is 0.481 e. The van der Waals surface area contributed by atoms with E-state index >= 15 is 52.7 Å². The van der Waals surface area contributed by atoms with Gasteiger partial charge in [0, 0.05) is 112 Å². The maximum atomic E-state index is 15.9. The number of piperazine rings is 2. The quantitative estimate of drug-likeness (QED) is 0.0794. The molecule has 4 fully saturated rings. The van der Waals surface area contributed by atoms with Gasteiger partial charge in [0.1, 0.15) is 0 Å². The van der Waals surface area contributed by atoms with Gasteiger partial charge in [0.2, 0.25) is 11.8 Å². The van der Waals surface area contributed by atoms with Crippen LogP contribution >= 0.6 is 11.8 Å². The Morgan fingerprint density at radius 3 is 1.11 bits per heavy atom. The Labute approximate surface area is 449 Å². The molecule has 4 aromatic carbocycles. The second-order valence-corrected chi connectivity index (χ2v) is 20.5. The Hall–Kier alpha value is -6.73. The van der Waals surface area contributed by atoms with E-state index in [4.69, 9.17) is 0 Å². The molecule has 0 atom stereocenters. The standard InChI is InChI=1S/C54H52F12N6O6S/c55-51(56,57)45-37(7-9-43(73)71-23-15-67-16-24-71)39(33-3-1-5-35(27-33)69-19-11-31(12-20-69)49(75)76)29-41(47(45)53(61,62)63)79-42-30-40(34-4-2-6-36(28-34)70-21-13-32(14-22-70)50(77)78)38(8-10-44(74)72-25-17-68-18-26-72)46(52(58,59)60)48(42)54(64,65)66/h1-10,27-32,67-68H,11-26H2,(H,75,76)(H,77,78)/b9-7+,10-8+. The summed E-state index contributed by atoms with van der Waals surface area (Å²) in [5.74, 6) is -5.36. The van der Waals surface area contributed by atoms with Crippen LogP contribution in [0.3, 0.4) is 0 Å². The molecular formula is C54H52F12N6O6S. The fourth-order valence-electron chi connectivity index (χ4n) is 10.4. The van der Waals surface area contributed by atoms with Crippen molar-refractivity contribution in [1.29, 1.82) is 0 Å². The minimum absolute atomic E-state index is 0.0758. The van der Waals surface area contributed by atoms with Crippen LogP contribution < -0.4 is 20.4 Å². The van der Waals surface area contributed by atoms with Gasteiger partial charge in [-0.25, -0.2) is 0 Å². The Morgan fingerprint density at radius 2 is 0.810 bits per heavy atom. The monoisotopic (exact) mass is 1140 g/mol. The highest BCUT2D eigenvalue weighted by atomic mass is 32.2. The van der Waals surface area contributed by atoms with Crippen LogP contribution in [-0.2, 0) is 43.9 Å². The van der Waals surface area contributed by atoms with Gasteiger partial charge < -0.3 is 40.4 Å². The molecule has 8 rings (SSSR count). The van der Waals surface area contributed by atoms with Crippen molar-refractivity contribution in [3.05, 3.63) is 106 Å². The van der Waals surface area contributed by atoms with E-state index in [1.165, 1.54) is 58.3 Å².